The number of anilines is 2. The number of nitrogens with zero attached hydrogens (tertiary/aromatic N) is 3. The molecule has 0 spiro atoms. The van der Waals surface area contributed by atoms with Crippen molar-refractivity contribution in [2.45, 2.75) is 49.9 Å². The molecule has 4 aromatic rings. The number of nitrogens with one attached hydrogen (secondary N) is 4. The number of aliphatic carboxylic acids is 2. The Morgan fingerprint density at radius 2 is 1.03 bits per heavy atom. The first-order valence-electron chi connectivity index (χ1n) is 17.3. The Bertz CT molecular complexity index is 1790. The highest BCUT2D eigenvalue weighted by molar-refractivity contribution is 9.10. The number of benzene rings is 2. The summed E-state index contributed by atoms with van der Waals surface area (Å²) >= 11 is 6.46. The molecule has 2 atom stereocenters. The van der Waals surface area contributed by atoms with E-state index in [2.05, 4.69) is 92.3 Å². The van der Waals surface area contributed by atoms with Crippen LogP contribution < -0.4 is 21.3 Å². The Balaban J connectivity index is 0.000000235. The molecule has 0 unspecified atom stereocenters. The zero-order valence-electron chi connectivity index (χ0n) is 30.2. The highest BCUT2D eigenvalue weighted by Gasteiger charge is 2.39. The van der Waals surface area contributed by atoms with Gasteiger partial charge in [0.1, 0.15) is 14.9 Å². The molecular formula is C37H37Br2F6N7O6. The number of carbonyl (C=O) groups is 4. The van der Waals surface area contributed by atoms with Gasteiger partial charge < -0.3 is 31.5 Å². The largest absolute Gasteiger partial charge is 0.490 e. The molecule has 0 bridgehead atoms. The van der Waals surface area contributed by atoms with E-state index in [0.717, 1.165) is 42.2 Å². The Kier molecular flexibility index (Phi) is 18.6. The van der Waals surface area contributed by atoms with Crippen LogP contribution in [-0.2, 0) is 9.59 Å². The predicted molar refractivity (Wildman–Crippen MR) is 208 cm³/mol. The van der Waals surface area contributed by atoms with Crippen molar-refractivity contribution in [1.82, 2.24) is 25.6 Å². The van der Waals surface area contributed by atoms with Gasteiger partial charge in [0.2, 0.25) is 0 Å². The van der Waals surface area contributed by atoms with Crippen molar-refractivity contribution in [1.29, 1.82) is 0 Å². The van der Waals surface area contributed by atoms with Gasteiger partial charge in [-0.2, -0.15) is 26.3 Å². The maximum Gasteiger partial charge on any atom is 0.490 e. The lowest BCUT2D eigenvalue weighted by Gasteiger charge is -2.23. The van der Waals surface area contributed by atoms with Gasteiger partial charge in [-0.05, 0) is 130 Å². The maximum absolute atomic E-state index is 12.1. The third-order valence-corrected chi connectivity index (χ3v) is 9.08. The van der Waals surface area contributed by atoms with Gasteiger partial charge in [0, 0.05) is 30.7 Å². The van der Waals surface area contributed by atoms with Crippen LogP contribution in [0.1, 0.15) is 69.5 Å². The third-order valence-electron chi connectivity index (χ3n) is 8.20. The number of carboxylic acids is 2. The summed E-state index contributed by atoms with van der Waals surface area (Å²) in [5, 5.41) is 26.8. The summed E-state index contributed by atoms with van der Waals surface area (Å²) in [5.41, 5.74) is 5.05. The molecule has 2 amide bonds. The Morgan fingerprint density at radius 1 is 0.603 bits per heavy atom. The number of aromatic nitrogens is 3. The fourth-order valence-electron chi connectivity index (χ4n) is 5.29. The molecule has 6 rings (SSSR count). The number of pyridine rings is 1. The quantitative estimate of drug-likeness (QED) is 0.0816. The first-order chi connectivity index (χ1) is 27.3. The molecule has 4 heterocycles. The zero-order chi connectivity index (χ0) is 42.9. The third kappa shape index (κ3) is 16.9. The monoisotopic (exact) mass is 947 g/mol. The van der Waals surface area contributed by atoms with Crippen molar-refractivity contribution in [2.75, 3.05) is 36.8 Å². The van der Waals surface area contributed by atoms with E-state index < -0.39 is 24.3 Å². The van der Waals surface area contributed by atoms with E-state index >= 15 is 0 Å². The lowest BCUT2D eigenvalue weighted by molar-refractivity contribution is -0.193. The molecule has 13 nitrogen and oxygen atoms in total. The van der Waals surface area contributed by atoms with Crippen LogP contribution in [0.4, 0.5) is 37.7 Å². The molecular weight excluding hydrogens is 912 g/mol. The minimum Gasteiger partial charge on any atom is -0.475 e. The second-order valence-electron chi connectivity index (χ2n) is 12.4. The number of alkyl halides is 6. The van der Waals surface area contributed by atoms with E-state index in [-0.39, 0.29) is 11.8 Å². The average molecular weight is 950 g/mol. The van der Waals surface area contributed by atoms with Gasteiger partial charge in [0.05, 0.1) is 18.0 Å². The van der Waals surface area contributed by atoms with Crippen LogP contribution in [0.25, 0.3) is 0 Å². The number of hydrogen-bond acceptors (Lipinski definition) is 9. The van der Waals surface area contributed by atoms with Crippen molar-refractivity contribution in [3.8, 4) is 0 Å². The molecule has 2 aromatic heterocycles. The maximum atomic E-state index is 12.1. The molecule has 2 fully saturated rings. The fourth-order valence-corrected chi connectivity index (χ4v) is 5.73. The van der Waals surface area contributed by atoms with E-state index in [1.165, 1.54) is 49.2 Å². The van der Waals surface area contributed by atoms with Crippen molar-refractivity contribution in [3.05, 3.63) is 111 Å². The molecule has 2 saturated heterocycles. The van der Waals surface area contributed by atoms with Gasteiger partial charge in [-0.15, -0.1) is 0 Å². The Hall–Kier alpha value is -4.99. The number of amides is 2. The van der Waals surface area contributed by atoms with Crippen LogP contribution in [0.15, 0.2) is 88.5 Å². The summed E-state index contributed by atoms with van der Waals surface area (Å²) in [7, 11) is 0. The molecule has 6 N–H and O–H groups in total. The highest BCUT2D eigenvalue weighted by atomic mass is 79.9. The second-order valence-corrected chi connectivity index (χ2v) is 14.1. The molecule has 21 heteroatoms. The van der Waals surface area contributed by atoms with Crippen LogP contribution in [0.2, 0.25) is 0 Å². The van der Waals surface area contributed by atoms with Gasteiger partial charge in [-0.3, -0.25) is 9.59 Å². The molecule has 0 aliphatic carbocycles. The van der Waals surface area contributed by atoms with Crippen molar-refractivity contribution in [2.24, 2.45) is 0 Å². The number of rotatable bonds is 6. The summed E-state index contributed by atoms with van der Waals surface area (Å²) in [5.74, 6) is -4.77. The Labute approximate surface area is 344 Å². The summed E-state index contributed by atoms with van der Waals surface area (Å²) in [6, 6.07) is 19.7. The van der Waals surface area contributed by atoms with Gasteiger partial charge in [0.15, 0.2) is 0 Å². The van der Waals surface area contributed by atoms with E-state index in [0.29, 0.717) is 27.7 Å². The SMILES string of the molecule is O=C(Nc1ccc([C@@H]2CCCNC2)cc1)c1ccc(Br)nc1.O=C(Nc1ccc([C@@H]2CCCNC2)cc1)c1cnc(Br)cn1.O=C(O)C(F)(F)F.O=C(O)C(F)(F)F. The highest BCUT2D eigenvalue weighted by Crippen LogP contribution is 2.26. The van der Waals surface area contributed by atoms with E-state index in [1.54, 1.807) is 18.3 Å². The van der Waals surface area contributed by atoms with Gasteiger partial charge in [0.25, 0.3) is 11.8 Å². The first kappa shape index (κ1) is 47.4. The zero-order valence-corrected chi connectivity index (χ0v) is 33.4. The van der Waals surface area contributed by atoms with Crippen molar-refractivity contribution in [3.63, 3.8) is 0 Å². The van der Waals surface area contributed by atoms with Gasteiger partial charge >= 0.3 is 24.3 Å². The average Bonchev–Trinajstić information content (AvgIpc) is 3.19. The van der Waals surface area contributed by atoms with E-state index in [4.69, 9.17) is 19.8 Å². The van der Waals surface area contributed by atoms with Crippen LogP contribution in [-0.4, -0.2) is 87.4 Å². The first-order valence-corrected chi connectivity index (χ1v) is 18.9. The lowest BCUT2D eigenvalue weighted by atomic mass is 9.92. The lowest BCUT2D eigenvalue weighted by Crippen LogP contribution is -2.28. The number of carbonyl (C=O) groups excluding carboxylic acids is 2. The summed E-state index contributed by atoms with van der Waals surface area (Å²) < 4.78 is 64.8. The van der Waals surface area contributed by atoms with Crippen LogP contribution in [0, 0.1) is 0 Å². The molecule has 0 saturated carbocycles. The minimum atomic E-state index is -5.08. The number of hydrogen-bond donors (Lipinski definition) is 6. The van der Waals surface area contributed by atoms with Gasteiger partial charge in [-0.1, -0.05) is 24.3 Å². The predicted octanol–water partition coefficient (Wildman–Crippen LogP) is 7.79. The van der Waals surface area contributed by atoms with E-state index in [1.807, 2.05) is 24.3 Å². The van der Waals surface area contributed by atoms with Crippen LogP contribution in [0.5, 0.6) is 0 Å². The Morgan fingerprint density at radius 3 is 1.38 bits per heavy atom. The number of carboxylic acid groups (broad SMARTS) is 2. The molecule has 312 valence electrons. The van der Waals surface area contributed by atoms with E-state index in [9.17, 15) is 35.9 Å². The summed E-state index contributed by atoms with van der Waals surface area (Å²) in [4.78, 5) is 54.1. The molecule has 2 aromatic carbocycles. The minimum absolute atomic E-state index is 0.146. The van der Waals surface area contributed by atoms with Crippen LogP contribution in [0.3, 0.4) is 0 Å². The molecule has 2 aliphatic heterocycles. The smallest absolute Gasteiger partial charge is 0.475 e. The summed E-state index contributed by atoms with van der Waals surface area (Å²) in [6.45, 7) is 4.29. The normalized spacial score (nSPS) is 16.3. The van der Waals surface area contributed by atoms with Crippen molar-refractivity contribution < 1.29 is 55.7 Å². The number of halogens is 8. The van der Waals surface area contributed by atoms with Crippen molar-refractivity contribution >= 4 is 67.0 Å². The van der Waals surface area contributed by atoms with Gasteiger partial charge in [-0.25, -0.2) is 24.5 Å². The summed E-state index contributed by atoms with van der Waals surface area (Å²) in [6.07, 6.45) is -0.779. The standard InChI is InChI=1S/C17H18BrN3O.C16H17BrN4O.2C2HF3O2/c18-16-8-5-14(11-20-16)17(22)21-15-6-3-12(4-7-15)13-2-1-9-19-10-13;17-15-10-19-14(9-20-15)16(22)21-13-5-3-11(4-6-13)12-2-1-7-18-8-12;2*3-2(4,5)1(6)7/h3-8,11,13,19H,1-2,9-10H2,(H,21,22);3-6,9-10,12,18H,1-2,7-8H2,(H,21,22);2*(H,6,7)/t13-;12-;;/m11../s1. The molecule has 0 radical (unpaired) electrons. The topological polar surface area (TPSA) is 196 Å². The number of piperidine rings is 2. The fraction of sp³-hybridized carbons (Fsp3) is 0.324. The van der Waals surface area contributed by atoms with Crippen LogP contribution >= 0.6 is 31.9 Å². The molecule has 2 aliphatic rings. The second kappa shape index (κ2) is 22.8. The molecule has 58 heavy (non-hydrogen) atoms.